The Hall–Kier alpha value is -1.83. The molecule has 0 amide bonds. The minimum atomic E-state index is 0.800. The number of nitrogens with zero attached hydrogens (tertiary/aromatic N) is 1. The van der Waals surface area contributed by atoms with Crippen molar-refractivity contribution in [1.82, 2.24) is 4.98 Å². The molecule has 2 aromatic rings. The molecule has 0 spiro atoms. The Morgan fingerprint density at radius 2 is 2.06 bits per heavy atom. The van der Waals surface area contributed by atoms with Crippen molar-refractivity contribution in [1.29, 1.82) is 0 Å². The van der Waals surface area contributed by atoms with Gasteiger partial charge in [0.1, 0.15) is 0 Å². The van der Waals surface area contributed by atoms with Crippen LogP contribution in [0.1, 0.15) is 18.2 Å². The number of benzene rings is 1. The van der Waals surface area contributed by atoms with E-state index >= 15 is 0 Å². The first-order valence-corrected chi connectivity index (χ1v) is 5.52. The van der Waals surface area contributed by atoms with E-state index in [2.05, 4.69) is 24.0 Å². The van der Waals surface area contributed by atoms with Crippen LogP contribution in [0.15, 0.2) is 36.5 Å². The molecule has 0 atom stereocenters. The molecule has 16 heavy (non-hydrogen) atoms. The molecule has 82 valence electrons. The summed E-state index contributed by atoms with van der Waals surface area (Å²) in [4.78, 5) is 4.33. The number of anilines is 1. The zero-order valence-electron chi connectivity index (χ0n) is 9.70. The van der Waals surface area contributed by atoms with Gasteiger partial charge in [0.25, 0.3) is 0 Å². The van der Waals surface area contributed by atoms with Crippen LogP contribution in [-0.2, 0) is 6.42 Å². The number of nitrogen functional groups attached to an aromatic ring is 1. The number of nitrogens with two attached hydrogens (primary N) is 1. The van der Waals surface area contributed by atoms with Gasteiger partial charge in [0.05, 0.1) is 0 Å². The van der Waals surface area contributed by atoms with E-state index in [9.17, 15) is 0 Å². The minimum absolute atomic E-state index is 0.800. The van der Waals surface area contributed by atoms with E-state index in [0.717, 1.165) is 17.8 Å². The Morgan fingerprint density at radius 1 is 1.25 bits per heavy atom. The fourth-order valence-corrected chi connectivity index (χ4v) is 1.84. The van der Waals surface area contributed by atoms with E-state index in [1.165, 1.54) is 16.7 Å². The molecule has 0 aliphatic rings. The molecular weight excluding hydrogens is 196 g/mol. The van der Waals surface area contributed by atoms with E-state index in [-0.39, 0.29) is 0 Å². The maximum absolute atomic E-state index is 5.81. The van der Waals surface area contributed by atoms with Crippen LogP contribution in [0.3, 0.4) is 0 Å². The van der Waals surface area contributed by atoms with E-state index in [1.807, 2.05) is 31.3 Å². The maximum Gasteiger partial charge on any atom is 0.0379 e. The van der Waals surface area contributed by atoms with Gasteiger partial charge in [-0.15, -0.1) is 0 Å². The lowest BCUT2D eigenvalue weighted by Gasteiger charge is -2.09. The monoisotopic (exact) mass is 212 g/mol. The lowest BCUT2D eigenvalue weighted by Crippen LogP contribution is -1.93. The predicted octanol–water partition coefficient (Wildman–Crippen LogP) is 3.20. The summed E-state index contributed by atoms with van der Waals surface area (Å²) < 4.78 is 0. The third kappa shape index (κ3) is 2.06. The predicted molar refractivity (Wildman–Crippen MR) is 68.2 cm³/mol. The third-order valence-corrected chi connectivity index (χ3v) is 2.70. The smallest absolute Gasteiger partial charge is 0.0379 e. The van der Waals surface area contributed by atoms with Crippen molar-refractivity contribution in [3.63, 3.8) is 0 Å². The summed E-state index contributed by atoms with van der Waals surface area (Å²) in [5.74, 6) is 0. The Bertz CT molecular complexity index is 504. The van der Waals surface area contributed by atoms with Crippen molar-refractivity contribution in [2.75, 3.05) is 5.73 Å². The highest BCUT2D eigenvalue weighted by Crippen LogP contribution is 2.25. The standard InChI is InChI=1S/C14H16N2/c1-3-11-9-16-10(2)7-14(11)12-5-4-6-13(15)8-12/h4-9H,3,15H2,1-2H3. The summed E-state index contributed by atoms with van der Waals surface area (Å²) in [5.41, 5.74) is 11.3. The minimum Gasteiger partial charge on any atom is -0.399 e. The second-order valence-corrected chi connectivity index (χ2v) is 3.96. The molecule has 1 heterocycles. The van der Waals surface area contributed by atoms with Gasteiger partial charge in [-0.05, 0) is 48.2 Å². The number of rotatable bonds is 2. The quantitative estimate of drug-likeness (QED) is 0.776. The highest BCUT2D eigenvalue weighted by atomic mass is 14.7. The van der Waals surface area contributed by atoms with Crippen molar-refractivity contribution in [2.24, 2.45) is 0 Å². The van der Waals surface area contributed by atoms with E-state index in [4.69, 9.17) is 5.73 Å². The second-order valence-electron chi connectivity index (χ2n) is 3.96. The van der Waals surface area contributed by atoms with Crippen LogP contribution < -0.4 is 5.73 Å². The van der Waals surface area contributed by atoms with Crippen molar-refractivity contribution < 1.29 is 0 Å². The van der Waals surface area contributed by atoms with Crippen LogP contribution in [0.4, 0.5) is 5.69 Å². The molecule has 0 aliphatic carbocycles. The Morgan fingerprint density at radius 3 is 2.75 bits per heavy atom. The van der Waals surface area contributed by atoms with Crippen molar-refractivity contribution in [3.05, 3.63) is 47.8 Å². The molecule has 0 aliphatic heterocycles. The first-order chi connectivity index (χ1) is 7.70. The number of hydrogen-bond acceptors (Lipinski definition) is 2. The zero-order chi connectivity index (χ0) is 11.5. The summed E-state index contributed by atoms with van der Waals surface area (Å²) in [5, 5.41) is 0. The molecule has 0 saturated heterocycles. The number of aromatic nitrogens is 1. The Balaban J connectivity index is 2.58. The number of hydrogen-bond donors (Lipinski definition) is 1. The summed E-state index contributed by atoms with van der Waals surface area (Å²) in [6.07, 6.45) is 2.94. The van der Waals surface area contributed by atoms with E-state index in [0.29, 0.717) is 0 Å². The summed E-state index contributed by atoms with van der Waals surface area (Å²) in [6, 6.07) is 10.1. The van der Waals surface area contributed by atoms with Gasteiger partial charge in [0.2, 0.25) is 0 Å². The fraction of sp³-hybridized carbons (Fsp3) is 0.214. The lowest BCUT2D eigenvalue weighted by molar-refractivity contribution is 1.08. The first-order valence-electron chi connectivity index (χ1n) is 5.52. The third-order valence-electron chi connectivity index (χ3n) is 2.70. The highest BCUT2D eigenvalue weighted by Gasteiger charge is 2.04. The summed E-state index contributed by atoms with van der Waals surface area (Å²) in [6.45, 7) is 4.15. The molecule has 0 unspecified atom stereocenters. The molecule has 0 bridgehead atoms. The van der Waals surface area contributed by atoms with Crippen molar-refractivity contribution >= 4 is 5.69 Å². The lowest BCUT2D eigenvalue weighted by atomic mass is 9.99. The number of aryl methyl sites for hydroxylation is 2. The van der Waals surface area contributed by atoms with Crippen LogP contribution in [-0.4, -0.2) is 4.98 Å². The maximum atomic E-state index is 5.81. The molecule has 0 saturated carbocycles. The molecule has 0 radical (unpaired) electrons. The average molecular weight is 212 g/mol. The van der Waals surface area contributed by atoms with Crippen molar-refractivity contribution in [2.45, 2.75) is 20.3 Å². The summed E-state index contributed by atoms with van der Waals surface area (Å²) >= 11 is 0. The zero-order valence-corrected chi connectivity index (χ0v) is 9.70. The molecular formula is C14H16N2. The van der Waals surface area contributed by atoms with Gasteiger partial charge in [-0.1, -0.05) is 19.1 Å². The van der Waals surface area contributed by atoms with Crippen LogP contribution in [0.25, 0.3) is 11.1 Å². The van der Waals surface area contributed by atoms with Gasteiger partial charge in [0.15, 0.2) is 0 Å². The van der Waals surface area contributed by atoms with Crippen LogP contribution in [0.2, 0.25) is 0 Å². The Labute approximate surface area is 96.1 Å². The SMILES string of the molecule is CCc1cnc(C)cc1-c1cccc(N)c1. The largest absolute Gasteiger partial charge is 0.399 e. The first kappa shape index (κ1) is 10.7. The summed E-state index contributed by atoms with van der Waals surface area (Å²) in [7, 11) is 0. The molecule has 2 N–H and O–H groups in total. The van der Waals surface area contributed by atoms with Crippen molar-refractivity contribution in [3.8, 4) is 11.1 Å². The van der Waals surface area contributed by atoms with Crippen LogP contribution in [0.5, 0.6) is 0 Å². The molecule has 1 aromatic carbocycles. The molecule has 2 heteroatoms. The highest BCUT2D eigenvalue weighted by molar-refractivity contribution is 5.70. The van der Waals surface area contributed by atoms with E-state index < -0.39 is 0 Å². The average Bonchev–Trinajstić information content (AvgIpc) is 2.29. The van der Waals surface area contributed by atoms with Crippen LogP contribution in [0, 0.1) is 6.92 Å². The molecule has 0 fully saturated rings. The second kappa shape index (κ2) is 4.35. The topological polar surface area (TPSA) is 38.9 Å². The van der Waals surface area contributed by atoms with Gasteiger partial charge in [-0.25, -0.2) is 0 Å². The van der Waals surface area contributed by atoms with Gasteiger partial charge in [-0.3, -0.25) is 4.98 Å². The van der Waals surface area contributed by atoms with Crippen LogP contribution >= 0.6 is 0 Å². The fourth-order valence-electron chi connectivity index (χ4n) is 1.84. The van der Waals surface area contributed by atoms with Gasteiger partial charge < -0.3 is 5.73 Å². The van der Waals surface area contributed by atoms with Gasteiger partial charge in [0, 0.05) is 17.6 Å². The van der Waals surface area contributed by atoms with E-state index in [1.54, 1.807) is 0 Å². The number of pyridine rings is 1. The normalized spacial score (nSPS) is 10.4. The Kier molecular flexibility index (Phi) is 2.91. The molecule has 2 rings (SSSR count). The molecule has 2 nitrogen and oxygen atoms in total. The van der Waals surface area contributed by atoms with Gasteiger partial charge in [-0.2, -0.15) is 0 Å². The molecule has 1 aromatic heterocycles. The van der Waals surface area contributed by atoms with Gasteiger partial charge >= 0.3 is 0 Å².